The fourth-order valence-corrected chi connectivity index (χ4v) is 4.49. The number of esters is 1. The van der Waals surface area contributed by atoms with E-state index in [0.29, 0.717) is 41.2 Å². The summed E-state index contributed by atoms with van der Waals surface area (Å²) in [5.74, 6) is -0.690. The Morgan fingerprint density at radius 1 is 0.949 bits per heavy atom. The first kappa shape index (κ1) is 27.6. The number of nitrogens with one attached hydrogen (secondary N) is 2. The van der Waals surface area contributed by atoms with Crippen molar-refractivity contribution in [3.63, 3.8) is 0 Å². The highest BCUT2D eigenvalue weighted by Crippen LogP contribution is 2.38. The summed E-state index contributed by atoms with van der Waals surface area (Å²) in [4.78, 5) is 41.8. The second-order valence-corrected chi connectivity index (χ2v) is 9.63. The molecule has 8 nitrogen and oxygen atoms in total. The molecule has 8 heteroatoms. The van der Waals surface area contributed by atoms with Gasteiger partial charge in [-0.2, -0.15) is 0 Å². The van der Waals surface area contributed by atoms with Crippen LogP contribution in [-0.2, 0) is 14.3 Å². The summed E-state index contributed by atoms with van der Waals surface area (Å²) in [5.41, 5.74) is 5.15. The van der Waals surface area contributed by atoms with E-state index in [0.717, 1.165) is 29.8 Å². The topological polar surface area (TPSA) is 91.0 Å². The molecular weight excluding hydrogens is 492 g/mol. The molecule has 0 saturated heterocycles. The van der Waals surface area contributed by atoms with E-state index in [1.807, 2.05) is 78.5 Å². The number of carbonyl (C=O) groups excluding carboxylic acids is 3. The highest BCUT2D eigenvalue weighted by molar-refractivity contribution is 6.37. The highest BCUT2D eigenvalue weighted by Gasteiger charge is 2.29. The minimum absolute atomic E-state index is 0.0480. The molecule has 0 fully saturated rings. The predicted molar refractivity (Wildman–Crippen MR) is 156 cm³/mol. The number of fused-ring (bicyclic) bond motifs is 1. The van der Waals surface area contributed by atoms with Crippen molar-refractivity contribution >= 4 is 46.1 Å². The summed E-state index contributed by atoms with van der Waals surface area (Å²) in [6.07, 6.45) is 1.90. The van der Waals surface area contributed by atoms with Crippen LogP contribution >= 0.6 is 0 Å². The maximum Gasteiger partial charge on any atom is 0.337 e. The number of unbranched alkanes of at least 4 members (excludes halogenated alkanes) is 1. The third-order valence-corrected chi connectivity index (χ3v) is 6.43. The Bertz CT molecular complexity index is 1380. The molecule has 0 aliphatic carbocycles. The van der Waals surface area contributed by atoms with Gasteiger partial charge in [-0.1, -0.05) is 49.7 Å². The number of methoxy groups -OCH3 is 1. The van der Waals surface area contributed by atoms with Crippen LogP contribution in [-0.4, -0.2) is 57.0 Å². The van der Waals surface area contributed by atoms with Gasteiger partial charge >= 0.3 is 5.97 Å². The lowest BCUT2D eigenvalue weighted by Crippen LogP contribution is -2.38. The summed E-state index contributed by atoms with van der Waals surface area (Å²) in [6, 6.07) is 22.3. The summed E-state index contributed by atoms with van der Waals surface area (Å²) < 4.78 is 4.82. The predicted octanol–water partition coefficient (Wildman–Crippen LogP) is 5.10. The molecule has 3 aromatic rings. The van der Waals surface area contributed by atoms with E-state index >= 15 is 0 Å². The van der Waals surface area contributed by atoms with Gasteiger partial charge < -0.3 is 25.2 Å². The lowest BCUT2D eigenvalue weighted by molar-refractivity contribution is -0.119. The number of carbonyl (C=O) groups is 3. The zero-order chi connectivity index (χ0) is 27.9. The van der Waals surface area contributed by atoms with Crippen LogP contribution in [0.4, 0.5) is 17.1 Å². The van der Waals surface area contributed by atoms with Crippen LogP contribution in [0.3, 0.4) is 0 Å². The fourth-order valence-electron chi connectivity index (χ4n) is 4.49. The lowest BCUT2D eigenvalue weighted by Gasteiger charge is -2.25. The number of rotatable bonds is 10. The normalized spacial score (nSPS) is 13.5. The molecule has 3 aromatic carbocycles. The van der Waals surface area contributed by atoms with Crippen LogP contribution in [0, 0.1) is 0 Å². The minimum Gasteiger partial charge on any atom is -0.465 e. The summed E-state index contributed by atoms with van der Waals surface area (Å²) >= 11 is 0. The van der Waals surface area contributed by atoms with Gasteiger partial charge in [0.25, 0.3) is 5.91 Å². The summed E-state index contributed by atoms with van der Waals surface area (Å²) in [7, 11) is 5.09. The molecule has 202 valence electrons. The maximum atomic E-state index is 13.2. The number of benzene rings is 3. The average molecular weight is 527 g/mol. The third kappa shape index (κ3) is 6.35. The van der Waals surface area contributed by atoms with Crippen molar-refractivity contribution in [3.8, 4) is 0 Å². The molecule has 0 spiro atoms. The molecule has 0 aromatic heterocycles. The van der Waals surface area contributed by atoms with Gasteiger partial charge in [-0.05, 0) is 62.5 Å². The van der Waals surface area contributed by atoms with E-state index < -0.39 is 5.97 Å². The van der Waals surface area contributed by atoms with E-state index in [-0.39, 0.29) is 11.8 Å². The molecule has 0 saturated carbocycles. The van der Waals surface area contributed by atoms with E-state index in [1.54, 1.807) is 18.2 Å². The first-order valence-electron chi connectivity index (χ1n) is 13.0. The van der Waals surface area contributed by atoms with Gasteiger partial charge in [-0.25, -0.2) is 4.79 Å². The van der Waals surface area contributed by atoms with Crippen LogP contribution in [0.25, 0.3) is 11.3 Å². The molecule has 4 rings (SSSR count). The Morgan fingerprint density at radius 2 is 1.67 bits per heavy atom. The van der Waals surface area contributed by atoms with Gasteiger partial charge in [0, 0.05) is 23.5 Å². The van der Waals surface area contributed by atoms with Gasteiger partial charge in [0.1, 0.15) is 0 Å². The zero-order valence-electron chi connectivity index (χ0n) is 22.8. The molecule has 1 heterocycles. The first-order chi connectivity index (χ1) is 18.8. The Labute approximate surface area is 229 Å². The molecule has 2 N–H and O–H groups in total. The standard InChI is InChI=1S/C31H34N4O4/c1-5-6-18-35(27(36)20-34(2)3)24-15-13-23(14-16-24)32-29(21-10-8-7-9-11-21)28-25-17-12-22(31(38)39-4)19-26(25)33-30(28)37/h7-17,19,32H,5-6,18,20H2,1-4H3,(H,33,37). The van der Waals surface area contributed by atoms with Crippen LogP contribution in [0.1, 0.15) is 41.3 Å². The van der Waals surface area contributed by atoms with Crippen molar-refractivity contribution in [2.75, 3.05) is 49.8 Å². The molecule has 2 amide bonds. The quantitative estimate of drug-likeness (QED) is 0.282. The Morgan fingerprint density at radius 3 is 2.31 bits per heavy atom. The molecule has 1 aliphatic heterocycles. The summed E-state index contributed by atoms with van der Waals surface area (Å²) in [6.45, 7) is 3.09. The Hall–Kier alpha value is -4.43. The monoisotopic (exact) mass is 526 g/mol. The van der Waals surface area contributed by atoms with Gasteiger partial charge in [0.2, 0.25) is 5.91 Å². The highest BCUT2D eigenvalue weighted by atomic mass is 16.5. The molecular formula is C31H34N4O4. The van der Waals surface area contributed by atoms with Gasteiger partial charge in [-0.3, -0.25) is 9.59 Å². The largest absolute Gasteiger partial charge is 0.465 e. The number of ether oxygens (including phenoxy) is 1. The van der Waals surface area contributed by atoms with E-state index in [9.17, 15) is 14.4 Å². The molecule has 0 radical (unpaired) electrons. The number of amides is 2. The number of likely N-dealkylation sites (N-methyl/N-ethyl adjacent to an activating group) is 1. The van der Waals surface area contributed by atoms with Gasteiger partial charge in [-0.15, -0.1) is 0 Å². The Balaban J connectivity index is 1.71. The van der Waals surface area contributed by atoms with Gasteiger partial charge in [0.15, 0.2) is 0 Å². The molecule has 0 bridgehead atoms. The second-order valence-electron chi connectivity index (χ2n) is 9.63. The molecule has 0 atom stereocenters. The van der Waals surface area contributed by atoms with Gasteiger partial charge in [0.05, 0.1) is 36.2 Å². The molecule has 0 unspecified atom stereocenters. The van der Waals surface area contributed by atoms with Crippen molar-refractivity contribution in [3.05, 3.63) is 89.5 Å². The van der Waals surface area contributed by atoms with Crippen molar-refractivity contribution in [1.82, 2.24) is 4.90 Å². The van der Waals surface area contributed by atoms with Crippen LogP contribution in [0.2, 0.25) is 0 Å². The fraction of sp³-hybridized carbons (Fsp3) is 0.258. The summed E-state index contributed by atoms with van der Waals surface area (Å²) in [5, 5.41) is 6.33. The van der Waals surface area contributed by atoms with Crippen LogP contribution in [0.15, 0.2) is 72.8 Å². The lowest BCUT2D eigenvalue weighted by atomic mass is 9.99. The van der Waals surface area contributed by atoms with Crippen molar-refractivity contribution < 1.29 is 19.1 Å². The number of hydrogen-bond donors (Lipinski definition) is 2. The number of nitrogens with zero attached hydrogens (tertiary/aromatic N) is 2. The maximum absolute atomic E-state index is 13.2. The second kappa shape index (κ2) is 12.4. The van der Waals surface area contributed by atoms with E-state index in [1.165, 1.54) is 7.11 Å². The zero-order valence-corrected chi connectivity index (χ0v) is 22.8. The Kier molecular flexibility index (Phi) is 8.78. The SMILES string of the molecule is CCCCN(C(=O)CN(C)C)c1ccc(NC(=C2C(=O)Nc3cc(C(=O)OC)ccc32)c2ccccc2)cc1. The van der Waals surface area contributed by atoms with Crippen LogP contribution < -0.4 is 15.5 Å². The minimum atomic E-state index is -0.469. The number of hydrogen-bond acceptors (Lipinski definition) is 6. The van der Waals surface area contributed by atoms with Crippen molar-refractivity contribution in [1.29, 1.82) is 0 Å². The van der Waals surface area contributed by atoms with E-state index in [2.05, 4.69) is 17.6 Å². The van der Waals surface area contributed by atoms with Crippen molar-refractivity contribution in [2.45, 2.75) is 19.8 Å². The van der Waals surface area contributed by atoms with E-state index in [4.69, 9.17) is 4.74 Å². The van der Waals surface area contributed by atoms with Crippen LogP contribution in [0.5, 0.6) is 0 Å². The first-order valence-corrected chi connectivity index (χ1v) is 13.0. The smallest absolute Gasteiger partial charge is 0.337 e. The average Bonchev–Trinajstić information content (AvgIpc) is 3.26. The molecule has 39 heavy (non-hydrogen) atoms. The molecule has 1 aliphatic rings. The van der Waals surface area contributed by atoms with Crippen molar-refractivity contribution in [2.24, 2.45) is 0 Å². The third-order valence-electron chi connectivity index (χ3n) is 6.43. The number of anilines is 3.